The molecule has 30 heavy (non-hydrogen) atoms. The molecule has 2 N–H and O–H groups in total. The Morgan fingerprint density at radius 2 is 1.50 bits per heavy atom. The fourth-order valence-corrected chi connectivity index (χ4v) is 4.58. The summed E-state index contributed by atoms with van der Waals surface area (Å²) in [4.78, 5) is 34.9. The first-order valence-corrected chi connectivity index (χ1v) is 10.6. The van der Waals surface area contributed by atoms with Gasteiger partial charge >= 0.3 is 0 Å². The molecular formula is C19H20N4O6S. The van der Waals surface area contributed by atoms with Gasteiger partial charge in [-0.1, -0.05) is 6.07 Å². The van der Waals surface area contributed by atoms with Crippen LogP contribution in [0.1, 0.15) is 39.1 Å². The van der Waals surface area contributed by atoms with Crippen LogP contribution in [-0.4, -0.2) is 42.6 Å². The van der Waals surface area contributed by atoms with E-state index in [0.29, 0.717) is 18.7 Å². The highest BCUT2D eigenvalue weighted by molar-refractivity contribution is 7.89. The number of aryl methyl sites for hydroxylation is 1. The van der Waals surface area contributed by atoms with E-state index in [1.54, 1.807) is 6.92 Å². The Hall–Kier alpha value is -3.31. The first-order chi connectivity index (χ1) is 14.2. The highest BCUT2D eigenvalue weighted by Crippen LogP contribution is 2.21. The highest BCUT2D eigenvalue weighted by Gasteiger charge is 2.27. The Balaban J connectivity index is 1.64. The van der Waals surface area contributed by atoms with E-state index in [4.69, 9.17) is 0 Å². The third kappa shape index (κ3) is 4.47. The van der Waals surface area contributed by atoms with Crippen LogP contribution in [0.3, 0.4) is 0 Å². The second-order valence-corrected chi connectivity index (χ2v) is 8.74. The van der Waals surface area contributed by atoms with Gasteiger partial charge in [-0.2, -0.15) is 4.31 Å². The second-order valence-electron chi connectivity index (χ2n) is 6.80. The summed E-state index contributed by atoms with van der Waals surface area (Å²) in [5.74, 6) is -1.38. The van der Waals surface area contributed by atoms with Crippen LogP contribution < -0.4 is 10.9 Å². The molecule has 10 nitrogen and oxygen atoms in total. The van der Waals surface area contributed by atoms with Crippen molar-refractivity contribution in [2.75, 3.05) is 13.1 Å². The Kier molecular flexibility index (Phi) is 6.13. The summed E-state index contributed by atoms with van der Waals surface area (Å²) in [6.07, 6.45) is 1.65. The first-order valence-electron chi connectivity index (χ1n) is 9.16. The molecule has 0 bridgehead atoms. The van der Waals surface area contributed by atoms with E-state index in [-0.39, 0.29) is 21.7 Å². The number of carbonyl (C=O) groups excluding carboxylic acids is 2. The third-order valence-electron chi connectivity index (χ3n) is 4.78. The lowest BCUT2D eigenvalue weighted by Gasteiger charge is -2.15. The summed E-state index contributed by atoms with van der Waals surface area (Å²) < 4.78 is 26.4. The number of hydrogen-bond acceptors (Lipinski definition) is 6. The molecule has 3 rings (SSSR count). The van der Waals surface area contributed by atoms with Gasteiger partial charge < -0.3 is 0 Å². The molecule has 1 saturated heterocycles. The van der Waals surface area contributed by atoms with Gasteiger partial charge in [-0.15, -0.1) is 0 Å². The zero-order valence-corrected chi connectivity index (χ0v) is 16.9. The van der Waals surface area contributed by atoms with E-state index in [0.717, 1.165) is 18.9 Å². The number of nitro groups is 1. The minimum Gasteiger partial charge on any atom is -0.267 e. The van der Waals surface area contributed by atoms with Crippen molar-refractivity contribution in [2.45, 2.75) is 24.7 Å². The Morgan fingerprint density at radius 1 is 0.967 bits per heavy atom. The van der Waals surface area contributed by atoms with Gasteiger partial charge in [0.25, 0.3) is 17.5 Å². The maximum absolute atomic E-state index is 12.5. The molecular weight excluding hydrogens is 412 g/mol. The molecule has 2 amide bonds. The van der Waals surface area contributed by atoms with E-state index >= 15 is 0 Å². The molecule has 158 valence electrons. The lowest BCUT2D eigenvalue weighted by atomic mass is 10.1. The average Bonchev–Trinajstić information content (AvgIpc) is 3.28. The SMILES string of the molecule is Cc1ccc(C(=O)NNC(=O)c2ccc(S(=O)(=O)N3CCCC3)cc2)cc1[N+](=O)[O-]. The zero-order valence-electron chi connectivity index (χ0n) is 16.1. The van der Waals surface area contributed by atoms with Gasteiger partial charge in [0.2, 0.25) is 10.0 Å². The standard InChI is InChI=1S/C19H20N4O6S/c1-13-4-5-15(12-17(13)23(26)27)19(25)21-20-18(24)14-6-8-16(9-7-14)30(28,29)22-10-2-3-11-22/h4-9,12H,2-3,10-11H2,1H3,(H,20,24)(H,21,25). The van der Waals surface area contributed by atoms with Crippen molar-refractivity contribution >= 4 is 27.5 Å². The van der Waals surface area contributed by atoms with Crippen LogP contribution in [-0.2, 0) is 10.0 Å². The van der Waals surface area contributed by atoms with Gasteiger partial charge in [-0.05, 0) is 50.1 Å². The molecule has 0 saturated carbocycles. The van der Waals surface area contributed by atoms with E-state index in [2.05, 4.69) is 10.9 Å². The number of hydrazine groups is 1. The Bertz CT molecular complexity index is 1090. The van der Waals surface area contributed by atoms with E-state index in [1.807, 2.05) is 0 Å². The van der Waals surface area contributed by atoms with Crippen molar-refractivity contribution in [1.29, 1.82) is 0 Å². The number of rotatable bonds is 5. The Morgan fingerprint density at radius 3 is 2.07 bits per heavy atom. The van der Waals surface area contributed by atoms with E-state index in [9.17, 15) is 28.1 Å². The quantitative estimate of drug-likeness (QED) is 0.545. The predicted octanol–water partition coefficient (Wildman–Crippen LogP) is 1.76. The number of nitrogens with zero attached hydrogens (tertiary/aromatic N) is 2. The normalized spacial score (nSPS) is 14.3. The van der Waals surface area contributed by atoms with Crippen LogP contribution in [0.4, 0.5) is 5.69 Å². The highest BCUT2D eigenvalue weighted by atomic mass is 32.2. The minimum absolute atomic E-state index is 0.0136. The third-order valence-corrected chi connectivity index (χ3v) is 6.69. The summed E-state index contributed by atoms with van der Waals surface area (Å²) in [6.45, 7) is 2.51. The van der Waals surface area contributed by atoms with Gasteiger partial charge in [0.05, 0.1) is 9.82 Å². The van der Waals surface area contributed by atoms with Crippen molar-refractivity contribution in [3.8, 4) is 0 Å². The summed E-state index contributed by atoms with van der Waals surface area (Å²) in [5.41, 5.74) is 4.75. The Labute approximate surface area is 173 Å². The molecule has 1 fully saturated rings. The number of nitro benzene ring substituents is 1. The van der Waals surface area contributed by atoms with Crippen molar-refractivity contribution in [3.63, 3.8) is 0 Å². The monoisotopic (exact) mass is 432 g/mol. The molecule has 2 aromatic carbocycles. The summed E-state index contributed by atoms with van der Waals surface area (Å²) in [5, 5.41) is 11.0. The van der Waals surface area contributed by atoms with Gasteiger partial charge in [-0.25, -0.2) is 8.42 Å². The molecule has 0 aliphatic carbocycles. The van der Waals surface area contributed by atoms with Gasteiger partial charge in [0, 0.05) is 35.8 Å². The topological polar surface area (TPSA) is 139 Å². The lowest BCUT2D eigenvalue weighted by molar-refractivity contribution is -0.385. The molecule has 0 radical (unpaired) electrons. The summed E-state index contributed by atoms with van der Waals surface area (Å²) in [7, 11) is -3.58. The lowest BCUT2D eigenvalue weighted by Crippen LogP contribution is -2.41. The molecule has 2 aromatic rings. The summed E-state index contributed by atoms with van der Waals surface area (Å²) in [6, 6.07) is 9.34. The smallest absolute Gasteiger partial charge is 0.267 e. The molecule has 1 aliphatic rings. The molecule has 11 heteroatoms. The number of carbonyl (C=O) groups is 2. The molecule has 0 spiro atoms. The second kappa shape index (κ2) is 8.59. The number of amides is 2. The molecule has 0 aromatic heterocycles. The molecule has 1 aliphatic heterocycles. The fourth-order valence-electron chi connectivity index (χ4n) is 3.06. The number of hydrogen-bond donors (Lipinski definition) is 2. The molecule has 1 heterocycles. The van der Waals surface area contributed by atoms with E-state index < -0.39 is 26.8 Å². The van der Waals surface area contributed by atoms with Gasteiger partial charge in [0.1, 0.15) is 0 Å². The maximum atomic E-state index is 12.5. The maximum Gasteiger partial charge on any atom is 0.273 e. The number of sulfonamides is 1. The van der Waals surface area contributed by atoms with Crippen LogP contribution in [0.5, 0.6) is 0 Å². The van der Waals surface area contributed by atoms with Crippen molar-refractivity contribution in [1.82, 2.24) is 15.2 Å². The van der Waals surface area contributed by atoms with Crippen LogP contribution in [0.25, 0.3) is 0 Å². The number of nitrogens with one attached hydrogen (secondary N) is 2. The van der Waals surface area contributed by atoms with Crippen LogP contribution in [0.15, 0.2) is 47.4 Å². The number of benzene rings is 2. The van der Waals surface area contributed by atoms with Crippen molar-refractivity contribution in [2.24, 2.45) is 0 Å². The van der Waals surface area contributed by atoms with Crippen LogP contribution in [0.2, 0.25) is 0 Å². The molecule has 0 atom stereocenters. The van der Waals surface area contributed by atoms with Gasteiger partial charge in [-0.3, -0.25) is 30.6 Å². The largest absolute Gasteiger partial charge is 0.273 e. The summed E-state index contributed by atoms with van der Waals surface area (Å²) >= 11 is 0. The zero-order chi connectivity index (χ0) is 21.9. The van der Waals surface area contributed by atoms with Gasteiger partial charge in [0.15, 0.2) is 0 Å². The van der Waals surface area contributed by atoms with Crippen LogP contribution >= 0.6 is 0 Å². The van der Waals surface area contributed by atoms with Crippen LogP contribution in [0, 0.1) is 17.0 Å². The van der Waals surface area contributed by atoms with E-state index in [1.165, 1.54) is 40.7 Å². The molecule has 0 unspecified atom stereocenters. The average molecular weight is 432 g/mol. The first kappa shape index (κ1) is 21.4. The van der Waals surface area contributed by atoms with Crippen molar-refractivity contribution < 1.29 is 22.9 Å². The fraction of sp³-hybridized carbons (Fsp3) is 0.263. The minimum atomic E-state index is -3.58. The predicted molar refractivity (Wildman–Crippen MR) is 107 cm³/mol. The van der Waals surface area contributed by atoms with Crippen molar-refractivity contribution in [3.05, 3.63) is 69.3 Å².